The first-order chi connectivity index (χ1) is 10.6. The number of rotatable bonds is 8. The van der Waals surface area contributed by atoms with Gasteiger partial charge in [-0.1, -0.05) is 83.7 Å². The van der Waals surface area contributed by atoms with Crippen molar-refractivity contribution in [2.24, 2.45) is 11.8 Å². The Morgan fingerprint density at radius 1 is 0.957 bits per heavy atom. The van der Waals surface area contributed by atoms with E-state index in [-0.39, 0.29) is 0 Å². The molecule has 0 aliphatic carbocycles. The monoisotopic (exact) mass is 310 g/mol. The largest absolute Gasteiger partial charge is 0.0956 e. The highest BCUT2D eigenvalue weighted by atomic mass is 14.2. The fraction of sp³-hybridized carbons (Fsp3) is 0.478. The Hall–Kier alpha value is -1.56. The molecule has 1 unspecified atom stereocenters. The summed E-state index contributed by atoms with van der Waals surface area (Å²) in [6.07, 6.45) is 1.89. The number of hydrogen-bond acceptors (Lipinski definition) is 0. The Kier molecular flexibility index (Phi) is 7.06. The molecule has 0 saturated heterocycles. The third kappa shape index (κ3) is 5.23. The molecular formula is C23H34. The second-order valence-corrected chi connectivity index (χ2v) is 7.49. The molecule has 0 spiro atoms. The van der Waals surface area contributed by atoms with Crippen LogP contribution in [-0.4, -0.2) is 0 Å². The van der Waals surface area contributed by atoms with Gasteiger partial charge in [-0.25, -0.2) is 0 Å². The van der Waals surface area contributed by atoms with E-state index in [4.69, 9.17) is 0 Å². The van der Waals surface area contributed by atoms with Crippen molar-refractivity contribution >= 4 is 5.57 Å². The summed E-state index contributed by atoms with van der Waals surface area (Å²) in [7, 11) is 0. The molecule has 0 radical (unpaired) electrons. The lowest BCUT2D eigenvalue weighted by Gasteiger charge is -2.20. The van der Waals surface area contributed by atoms with E-state index in [0.717, 1.165) is 24.0 Å². The molecule has 126 valence electrons. The molecular weight excluding hydrogens is 276 g/mol. The van der Waals surface area contributed by atoms with Gasteiger partial charge in [-0.3, -0.25) is 0 Å². The van der Waals surface area contributed by atoms with Crippen LogP contribution in [0.3, 0.4) is 0 Å². The predicted molar refractivity (Wildman–Crippen MR) is 106 cm³/mol. The van der Waals surface area contributed by atoms with Gasteiger partial charge >= 0.3 is 0 Å². The van der Waals surface area contributed by atoms with E-state index in [9.17, 15) is 0 Å². The Bertz CT molecular complexity index is 584. The number of hydrogen-bond donors (Lipinski definition) is 0. The molecule has 1 rings (SSSR count). The summed E-state index contributed by atoms with van der Waals surface area (Å²) in [5.74, 6) is 1.68. The summed E-state index contributed by atoms with van der Waals surface area (Å²) in [4.78, 5) is 0. The Morgan fingerprint density at radius 2 is 1.57 bits per heavy atom. The van der Waals surface area contributed by atoms with Crippen molar-refractivity contribution < 1.29 is 0 Å². The molecule has 1 aromatic carbocycles. The molecule has 0 heterocycles. The van der Waals surface area contributed by atoms with E-state index in [1.54, 1.807) is 0 Å². The van der Waals surface area contributed by atoms with Crippen LogP contribution in [0.1, 0.15) is 70.1 Å². The molecule has 0 fully saturated rings. The quantitative estimate of drug-likeness (QED) is 0.441. The van der Waals surface area contributed by atoms with Gasteiger partial charge in [-0.2, -0.15) is 0 Å². The molecule has 0 nitrogen and oxygen atoms in total. The second kappa shape index (κ2) is 8.34. The molecule has 0 bridgehead atoms. The third-order valence-electron chi connectivity index (χ3n) is 5.06. The van der Waals surface area contributed by atoms with Gasteiger partial charge in [0.2, 0.25) is 0 Å². The van der Waals surface area contributed by atoms with Crippen LogP contribution in [0.5, 0.6) is 0 Å². The van der Waals surface area contributed by atoms with Gasteiger partial charge in [0, 0.05) is 0 Å². The first-order valence-electron chi connectivity index (χ1n) is 8.80. The molecule has 0 aliphatic heterocycles. The van der Waals surface area contributed by atoms with E-state index in [0.29, 0.717) is 17.8 Å². The van der Waals surface area contributed by atoms with Crippen LogP contribution in [0.25, 0.3) is 5.57 Å². The zero-order valence-corrected chi connectivity index (χ0v) is 16.0. The van der Waals surface area contributed by atoms with Crippen LogP contribution in [-0.2, 0) is 0 Å². The summed E-state index contributed by atoms with van der Waals surface area (Å²) in [6.45, 7) is 26.1. The smallest absolute Gasteiger partial charge is 0.0164 e. The zero-order valence-electron chi connectivity index (χ0n) is 16.0. The lowest BCUT2D eigenvalue weighted by atomic mass is 9.85. The Morgan fingerprint density at radius 3 is 2.09 bits per heavy atom. The fourth-order valence-electron chi connectivity index (χ4n) is 2.72. The average Bonchev–Trinajstić information content (AvgIpc) is 2.50. The lowest BCUT2D eigenvalue weighted by Crippen LogP contribution is -2.05. The normalized spacial score (nSPS) is 12.5. The van der Waals surface area contributed by atoms with Crippen molar-refractivity contribution in [2.45, 2.75) is 60.3 Å². The van der Waals surface area contributed by atoms with E-state index in [1.807, 2.05) is 0 Å². The van der Waals surface area contributed by atoms with E-state index >= 15 is 0 Å². The molecule has 1 atom stereocenters. The molecule has 23 heavy (non-hydrogen) atoms. The number of benzene rings is 1. The minimum absolute atomic E-state index is 0.466. The molecule has 1 aromatic rings. The van der Waals surface area contributed by atoms with Crippen molar-refractivity contribution in [3.05, 3.63) is 65.8 Å². The third-order valence-corrected chi connectivity index (χ3v) is 5.06. The van der Waals surface area contributed by atoms with Gasteiger partial charge in [0.15, 0.2) is 0 Å². The maximum absolute atomic E-state index is 4.31. The number of aryl methyl sites for hydroxylation is 1. The van der Waals surface area contributed by atoms with Gasteiger partial charge in [0.05, 0.1) is 0 Å². The molecule has 0 N–H and O–H groups in total. The molecule has 0 saturated carbocycles. The van der Waals surface area contributed by atoms with Gasteiger partial charge < -0.3 is 0 Å². The minimum Gasteiger partial charge on any atom is -0.0956 e. The van der Waals surface area contributed by atoms with Crippen molar-refractivity contribution in [3.8, 4) is 0 Å². The van der Waals surface area contributed by atoms with Crippen LogP contribution in [0.2, 0.25) is 0 Å². The van der Waals surface area contributed by atoms with Crippen LogP contribution in [0.15, 0.2) is 49.1 Å². The highest BCUT2D eigenvalue weighted by Gasteiger charge is 2.14. The molecule has 0 heteroatoms. The van der Waals surface area contributed by atoms with Crippen molar-refractivity contribution in [2.75, 3.05) is 0 Å². The maximum atomic E-state index is 4.31. The first-order valence-corrected chi connectivity index (χ1v) is 8.80. The molecule has 0 aliphatic rings. The van der Waals surface area contributed by atoms with Gasteiger partial charge in [-0.05, 0) is 59.8 Å². The van der Waals surface area contributed by atoms with Crippen molar-refractivity contribution in [1.29, 1.82) is 0 Å². The van der Waals surface area contributed by atoms with E-state index in [1.165, 1.54) is 22.3 Å². The standard InChI is InChI=1S/C23H34/c1-15(2)20(8)17(5)10-11-18(6)22-13-12-19(7)23(14-22)21(9)16(3)4/h12-16,21H,5-6,8,10-11H2,1-4,7,9H3. The van der Waals surface area contributed by atoms with Crippen LogP contribution >= 0.6 is 0 Å². The first kappa shape index (κ1) is 19.5. The van der Waals surface area contributed by atoms with Gasteiger partial charge in [0.1, 0.15) is 0 Å². The maximum Gasteiger partial charge on any atom is -0.0164 e. The van der Waals surface area contributed by atoms with Crippen molar-refractivity contribution in [3.63, 3.8) is 0 Å². The van der Waals surface area contributed by atoms with Crippen LogP contribution in [0, 0.1) is 18.8 Å². The summed E-state index contributed by atoms with van der Waals surface area (Å²) in [6, 6.07) is 6.77. The summed E-state index contributed by atoms with van der Waals surface area (Å²) in [5, 5.41) is 0. The lowest BCUT2D eigenvalue weighted by molar-refractivity contribution is 0.533. The summed E-state index contributed by atoms with van der Waals surface area (Å²) >= 11 is 0. The fourth-order valence-corrected chi connectivity index (χ4v) is 2.72. The van der Waals surface area contributed by atoms with Crippen LogP contribution in [0.4, 0.5) is 0 Å². The SMILES string of the molecule is C=C(CCC(=C)c1ccc(C)c(C(C)C(C)C)c1)C(=C)C(C)C. The summed E-state index contributed by atoms with van der Waals surface area (Å²) in [5.41, 5.74) is 7.60. The molecule has 0 aromatic heterocycles. The molecule has 0 amide bonds. The highest BCUT2D eigenvalue weighted by Crippen LogP contribution is 2.31. The number of allylic oxidation sites excluding steroid dienone is 3. The topological polar surface area (TPSA) is 0 Å². The highest BCUT2D eigenvalue weighted by molar-refractivity contribution is 5.65. The van der Waals surface area contributed by atoms with Crippen LogP contribution < -0.4 is 0 Å². The predicted octanol–water partition coefficient (Wildman–Crippen LogP) is 7.32. The van der Waals surface area contributed by atoms with E-state index in [2.05, 4.69) is 79.5 Å². The van der Waals surface area contributed by atoms with Gasteiger partial charge in [-0.15, -0.1) is 0 Å². The Labute approximate surface area is 144 Å². The summed E-state index contributed by atoms with van der Waals surface area (Å²) < 4.78 is 0. The minimum atomic E-state index is 0.466. The zero-order chi connectivity index (χ0) is 17.7. The average molecular weight is 311 g/mol. The van der Waals surface area contributed by atoms with Gasteiger partial charge in [0.25, 0.3) is 0 Å². The van der Waals surface area contributed by atoms with Crippen molar-refractivity contribution in [1.82, 2.24) is 0 Å². The second-order valence-electron chi connectivity index (χ2n) is 7.49. The Balaban J connectivity index is 2.83. The van der Waals surface area contributed by atoms with E-state index < -0.39 is 0 Å².